The number of hydrogen-bond acceptors (Lipinski definition) is 6. The molecule has 7 nitrogen and oxygen atoms in total. The van der Waals surface area contributed by atoms with Crippen molar-refractivity contribution in [3.63, 3.8) is 0 Å². The first-order valence-electron chi connectivity index (χ1n) is 10.6. The van der Waals surface area contributed by atoms with Gasteiger partial charge in [0.2, 0.25) is 0 Å². The summed E-state index contributed by atoms with van der Waals surface area (Å²) in [7, 11) is 1.73. The molecule has 1 fully saturated rings. The van der Waals surface area contributed by atoms with Crippen LogP contribution in [-0.4, -0.2) is 40.9 Å². The normalized spacial score (nSPS) is 14.7. The summed E-state index contributed by atoms with van der Waals surface area (Å²) in [5, 5.41) is 6.90. The number of hydrogen-bond donors (Lipinski definition) is 3. The maximum atomic E-state index is 13.2. The van der Waals surface area contributed by atoms with Gasteiger partial charge in [-0.1, -0.05) is 0 Å². The van der Waals surface area contributed by atoms with Gasteiger partial charge in [0.15, 0.2) is 0 Å². The molecule has 2 heterocycles. The van der Waals surface area contributed by atoms with Crippen molar-refractivity contribution >= 4 is 34.0 Å². The van der Waals surface area contributed by atoms with Crippen LogP contribution in [0, 0.1) is 6.92 Å². The summed E-state index contributed by atoms with van der Waals surface area (Å²) < 4.78 is 39.7. The predicted octanol–water partition coefficient (Wildman–Crippen LogP) is 4.60. The molecule has 0 unspecified atom stereocenters. The number of benzene rings is 2. The first-order valence-corrected chi connectivity index (χ1v) is 10.6. The fraction of sp³-hybridized carbons (Fsp3) is 0.348. The molecule has 0 bridgehead atoms. The molecule has 33 heavy (non-hydrogen) atoms. The number of fused-ring (bicyclic) bond motifs is 1. The van der Waals surface area contributed by atoms with Crippen LogP contribution in [0.1, 0.15) is 46.7 Å². The zero-order valence-corrected chi connectivity index (χ0v) is 18.5. The van der Waals surface area contributed by atoms with Crippen molar-refractivity contribution in [3.05, 3.63) is 52.8 Å². The van der Waals surface area contributed by atoms with Crippen LogP contribution < -0.4 is 16.4 Å². The number of nitrogen functional groups attached to an aromatic ring is 1. The van der Waals surface area contributed by atoms with E-state index in [0.29, 0.717) is 39.4 Å². The number of amides is 1. The van der Waals surface area contributed by atoms with Crippen molar-refractivity contribution < 1.29 is 18.0 Å². The molecular formula is C23H25F3N6O. The number of carbonyl (C=O) groups excluding carboxylic acids is 1. The molecule has 174 valence electrons. The topological polar surface area (TPSA) is 96.2 Å². The van der Waals surface area contributed by atoms with E-state index in [4.69, 9.17) is 5.73 Å². The minimum atomic E-state index is -4.50. The van der Waals surface area contributed by atoms with Crippen molar-refractivity contribution in [2.24, 2.45) is 0 Å². The van der Waals surface area contributed by atoms with Gasteiger partial charge in [0.05, 0.1) is 22.7 Å². The van der Waals surface area contributed by atoms with Gasteiger partial charge in [-0.25, -0.2) is 9.97 Å². The molecule has 2 aromatic carbocycles. The number of nitrogens with two attached hydrogens (primary N) is 1. The van der Waals surface area contributed by atoms with Crippen LogP contribution in [0.3, 0.4) is 0 Å². The number of nitrogens with zero attached hydrogens (tertiary/aromatic N) is 3. The number of likely N-dealkylation sites (tertiary alicyclic amines) is 1. The molecule has 1 aliphatic rings. The lowest BCUT2D eigenvalue weighted by Gasteiger charge is -2.31. The first kappa shape index (κ1) is 22.6. The highest BCUT2D eigenvalue weighted by atomic mass is 19.4. The molecule has 4 rings (SSSR count). The van der Waals surface area contributed by atoms with Gasteiger partial charge in [0.25, 0.3) is 5.91 Å². The molecule has 0 spiro atoms. The van der Waals surface area contributed by atoms with E-state index in [2.05, 4.69) is 20.6 Å². The average molecular weight is 458 g/mol. The number of halogens is 3. The Morgan fingerprint density at radius 1 is 1.15 bits per heavy atom. The Kier molecular flexibility index (Phi) is 5.77. The van der Waals surface area contributed by atoms with Gasteiger partial charge in [-0.3, -0.25) is 4.79 Å². The highest BCUT2D eigenvalue weighted by Gasteiger charge is 2.31. The number of nitrogens with one attached hydrogen (secondary N) is 2. The Hall–Kier alpha value is -3.56. The molecule has 1 aromatic heterocycles. The van der Waals surface area contributed by atoms with Gasteiger partial charge in [-0.15, -0.1) is 0 Å². The third-order valence-corrected chi connectivity index (χ3v) is 5.75. The molecule has 3 aromatic rings. The fourth-order valence-corrected chi connectivity index (χ4v) is 3.85. The van der Waals surface area contributed by atoms with Crippen LogP contribution in [0.4, 0.5) is 30.4 Å². The second kappa shape index (κ2) is 8.42. The van der Waals surface area contributed by atoms with E-state index in [9.17, 15) is 18.0 Å². The zero-order valence-electron chi connectivity index (χ0n) is 18.5. The second-order valence-corrected chi connectivity index (χ2v) is 8.18. The van der Waals surface area contributed by atoms with E-state index in [1.807, 2.05) is 0 Å². The molecule has 0 aliphatic carbocycles. The Morgan fingerprint density at radius 3 is 2.48 bits per heavy atom. The van der Waals surface area contributed by atoms with Crippen molar-refractivity contribution in [1.82, 2.24) is 14.9 Å². The molecule has 10 heteroatoms. The number of aromatic nitrogens is 2. The zero-order chi connectivity index (χ0) is 23.9. The lowest BCUT2D eigenvalue weighted by atomic mass is 10.0. The third kappa shape index (κ3) is 4.50. The van der Waals surface area contributed by atoms with Crippen LogP contribution in [0.5, 0.6) is 0 Å². The molecule has 0 radical (unpaired) electrons. The highest BCUT2D eigenvalue weighted by molar-refractivity contribution is 6.05. The molecule has 4 N–H and O–H groups in total. The monoisotopic (exact) mass is 458 g/mol. The number of aryl methyl sites for hydroxylation is 1. The van der Waals surface area contributed by atoms with Gasteiger partial charge in [0, 0.05) is 36.9 Å². The largest absolute Gasteiger partial charge is 0.416 e. The van der Waals surface area contributed by atoms with E-state index in [1.165, 1.54) is 6.07 Å². The molecule has 1 saturated heterocycles. The van der Waals surface area contributed by atoms with Crippen molar-refractivity contribution in [2.75, 3.05) is 36.5 Å². The summed E-state index contributed by atoms with van der Waals surface area (Å²) in [6.45, 7) is 4.92. The van der Waals surface area contributed by atoms with Crippen LogP contribution in [0.25, 0.3) is 10.9 Å². The van der Waals surface area contributed by atoms with Gasteiger partial charge >= 0.3 is 6.18 Å². The number of carbonyl (C=O) groups is 1. The maximum Gasteiger partial charge on any atom is 0.416 e. The van der Waals surface area contributed by atoms with Gasteiger partial charge in [0.1, 0.15) is 11.6 Å². The van der Waals surface area contributed by atoms with Crippen molar-refractivity contribution in [3.8, 4) is 0 Å². The maximum absolute atomic E-state index is 13.2. The molecule has 1 aliphatic heterocycles. The van der Waals surface area contributed by atoms with Gasteiger partial charge in [-0.05, 0) is 56.2 Å². The lowest BCUT2D eigenvalue weighted by Crippen LogP contribution is -2.42. The minimum absolute atomic E-state index is 0.0313. The van der Waals surface area contributed by atoms with E-state index in [-0.39, 0.29) is 11.6 Å². The molecule has 1 amide bonds. The fourth-order valence-electron chi connectivity index (χ4n) is 3.85. The van der Waals surface area contributed by atoms with E-state index < -0.39 is 17.8 Å². The summed E-state index contributed by atoms with van der Waals surface area (Å²) in [4.78, 5) is 23.6. The molecular weight excluding hydrogens is 433 g/mol. The lowest BCUT2D eigenvalue weighted by molar-refractivity contribution is -0.137. The van der Waals surface area contributed by atoms with Crippen molar-refractivity contribution in [2.45, 2.75) is 32.5 Å². The highest BCUT2D eigenvalue weighted by Crippen LogP contribution is 2.35. The van der Waals surface area contributed by atoms with E-state index in [1.54, 1.807) is 37.9 Å². The first-order chi connectivity index (χ1) is 15.6. The number of alkyl halides is 3. The third-order valence-electron chi connectivity index (χ3n) is 5.75. The average Bonchev–Trinajstić information content (AvgIpc) is 2.70. The van der Waals surface area contributed by atoms with E-state index in [0.717, 1.165) is 31.6 Å². The Labute approximate surface area is 189 Å². The van der Waals surface area contributed by atoms with Crippen LogP contribution in [-0.2, 0) is 6.18 Å². The quantitative estimate of drug-likeness (QED) is 0.484. The molecule has 0 saturated carbocycles. The standard InChI is InChI=1S/C23H25F3N6O/c1-12(14-7-15(23(24,25)26)9-16(27)8-14)29-21-17-10-19(28-3)18(22(33)32-5-4-6-32)11-20(17)30-13(2)31-21/h7-12,28H,4-6,27H2,1-3H3,(H,29,30,31)/t12-/m1/s1. The number of anilines is 3. The number of rotatable bonds is 5. The second-order valence-electron chi connectivity index (χ2n) is 8.18. The Morgan fingerprint density at radius 2 is 1.88 bits per heavy atom. The minimum Gasteiger partial charge on any atom is -0.399 e. The van der Waals surface area contributed by atoms with Crippen LogP contribution in [0.2, 0.25) is 0 Å². The summed E-state index contributed by atoms with van der Waals surface area (Å²) >= 11 is 0. The predicted molar refractivity (Wildman–Crippen MR) is 122 cm³/mol. The SMILES string of the molecule is CNc1cc2c(N[C@H](C)c3cc(N)cc(C(F)(F)F)c3)nc(C)nc2cc1C(=O)N1CCC1. The summed E-state index contributed by atoms with van der Waals surface area (Å²) in [6.07, 6.45) is -3.51. The molecule has 1 atom stereocenters. The van der Waals surface area contributed by atoms with Gasteiger partial charge < -0.3 is 21.3 Å². The Bertz CT molecular complexity index is 1220. The summed E-state index contributed by atoms with van der Waals surface area (Å²) in [6, 6.07) is 6.49. The van der Waals surface area contributed by atoms with Crippen LogP contribution >= 0.6 is 0 Å². The van der Waals surface area contributed by atoms with Gasteiger partial charge in [-0.2, -0.15) is 13.2 Å². The van der Waals surface area contributed by atoms with Crippen LogP contribution in [0.15, 0.2) is 30.3 Å². The summed E-state index contributed by atoms with van der Waals surface area (Å²) in [5.74, 6) is 0.867. The Balaban J connectivity index is 1.73. The van der Waals surface area contributed by atoms with Crippen molar-refractivity contribution in [1.29, 1.82) is 0 Å². The van der Waals surface area contributed by atoms with E-state index >= 15 is 0 Å². The summed E-state index contributed by atoms with van der Waals surface area (Å²) in [5.41, 5.74) is 7.06. The smallest absolute Gasteiger partial charge is 0.399 e.